The second kappa shape index (κ2) is 5.63. The van der Waals surface area contributed by atoms with Crippen LogP contribution in [0.15, 0.2) is 16.6 Å². The van der Waals surface area contributed by atoms with E-state index in [2.05, 4.69) is 15.9 Å². The maximum Gasteiger partial charge on any atom is 0.144 e. The summed E-state index contributed by atoms with van der Waals surface area (Å²) in [4.78, 5) is 2.04. The molecule has 18 heavy (non-hydrogen) atoms. The molecule has 1 aliphatic rings. The van der Waals surface area contributed by atoms with Gasteiger partial charge in [0.2, 0.25) is 0 Å². The molecule has 1 saturated heterocycles. The van der Waals surface area contributed by atoms with Crippen molar-refractivity contribution >= 4 is 15.9 Å². The average molecular weight is 320 g/mol. The molecular weight excluding hydrogens is 304 g/mol. The smallest absolute Gasteiger partial charge is 0.144 e. The lowest BCUT2D eigenvalue weighted by Gasteiger charge is -2.36. The Labute approximate surface area is 114 Å². The number of hydrogen-bond acceptors (Lipinski definition) is 2. The first-order valence-electron chi connectivity index (χ1n) is 5.97. The Bertz CT molecular complexity index is 441. The lowest BCUT2D eigenvalue weighted by molar-refractivity contribution is -0.0533. The summed E-state index contributed by atoms with van der Waals surface area (Å²) in [6, 6.07) is 2.84. The Hall–Kier alpha value is -0.520. The summed E-state index contributed by atoms with van der Waals surface area (Å²) < 4.78 is 33.4. The number of halogens is 3. The minimum atomic E-state index is -0.513. The fraction of sp³-hybridized carbons (Fsp3) is 0.538. The van der Waals surface area contributed by atoms with Crippen LogP contribution >= 0.6 is 15.9 Å². The summed E-state index contributed by atoms with van der Waals surface area (Å²) in [6.45, 7) is 5.52. The van der Waals surface area contributed by atoms with Gasteiger partial charge in [0.25, 0.3) is 0 Å². The van der Waals surface area contributed by atoms with Crippen LogP contribution in [0.4, 0.5) is 8.78 Å². The van der Waals surface area contributed by atoms with Gasteiger partial charge in [0.05, 0.1) is 17.2 Å². The molecule has 100 valence electrons. The third-order valence-corrected chi connectivity index (χ3v) is 3.85. The molecule has 0 aliphatic carbocycles. The number of benzene rings is 1. The van der Waals surface area contributed by atoms with E-state index in [1.165, 1.54) is 12.1 Å². The Morgan fingerprint density at radius 3 is 2.83 bits per heavy atom. The zero-order chi connectivity index (χ0) is 13.3. The first-order valence-corrected chi connectivity index (χ1v) is 6.76. The van der Waals surface area contributed by atoms with Crippen LogP contribution in [0.1, 0.15) is 19.4 Å². The van der Waals surface area contributed by atoms with E-state index < -0.39 is 11.6 Å². The van der Waals surface area contributed by atoms with Crippen LogP contribution < -0.4 is 0 Å². The standard InChI is InChI=1S/C13H16BrF2NO/c1-8-7-18-9(2)5-17(8)6-10-12(15)4-3-11(14)13(10)16/h3-4,8-9H,5-7H2,1-2H3. The quantitative estimate of drug-likeness (QED) is 0.775. The Morgan fingerprint density at radius 1 is 1.39 bits per heavy atom. The monoisotopic (exact) mass is 319 g/mol. The van der Waals surface area contributed by atoms with Gasteiger partial charge in [-0.2, -0.15) is 0 Å². The van der Waals surface area contributed by atoms with Gasteiger partial charge in [-0.3, -0.25) is 4.90 Å². The molecule has 0 amide bonds. The van der Waals surface area contributed by atoms with Gasteiger partial charge in [-0.25, -0.2) is 8.78 Å². The molecule has 1 aromatic rings. The van der Waals surface area contributed by atoms with E-state index in [4.69, 9.17) is 4.74 Å². The fourth-order valence-corrected chi connectivity index (χ4v) is 2.48. The van der Waals surface area contributed by atoms with Crippen LogP contribution in [-0.2, 0) is 11.3 Å². The van der Waals surface area contributed by atoms with Gasteiger partial charge in [0.15, 0.2) is 0 Å². The fourth-order valence-electron chi connectivity index (χ4n) is 2.11. The van der Waals surface area contributed by atoms with Crippen LogP contribution in [0.5, 0.6) is 0 Å². The second-order valence-corrected chi connectivity index (χ2v) is 5.60. The van der Waals surface area contributed by atoms with E-state index >= 15 is 0 Å². The first-order chi connectivity index (χ1) is 8.49. The third kappa shape index (κ3) is 2.90. The zero-order valence-corrected chi connectivity index (χ0v) is 12.0. The van der Waals surface area contributed by atoms with Crippen LogP contribution in [0.3, 0.4) is 0 Å². The van der Waals surface area contributed by atoms with Gasteiger partial charge in [-0.15, -0.1) is 0 Å². The predicted molar refractivity (Wildman–Crippen MR) is 69.3 cm³/mol. The number of morpholine rings is 1. The summed E-state index contributed by atoms with van der Waals surface area (Å²) in [5.74, 6) is -1.01. The van der Waals surface area contributed by atoms with Crippen LogP contribution in [0.25, 0.3) is 0 Å². The molecule has 1 heterocycles. The van der Waals surface area contributed by atoms with Crippen LogP contribution in [-0.4, -0.2) is 30.2 Å². The second-order valence-electron chi connectivity index (χ2n) is 4.74. The SMILES string of the molecule is CC1CN(Cc2c(F)ccc(Br)c2F)C(C)CO1. The topological polar surface area (TPSA) is 12.5 Å². The molecular formula is C13H16BrF2NO. The lowest BCUT2D eigenvalue weighted by atomic mass is 10.1. The molecule has 1 aromatic carbocycles. The van der Waals surface area contributed by atoms with Crippen molar-refractivity contribution in [2.45, 2.75) is 32.5 Å². The Balaban J connectivity index is 2.20. The highest BCUT2D eigenvalue weighted by molar-refractivity contribution is 9.10. The molecule has 5 heteroatoms. The molecule has 2 nitrogen and oxygen atoms in total. The molecule has 0 saturated carbocycles. The average Bonchev–Trinajstić information content (AvgIpc) is 2.34. The molecule has 2 atom stereocenters. The third-order valence-electron chi connectivity index (χ3n) is 3.24. The highest BCUT2D eigenvalue weighted by atomic mass is 79.9. The predicted octanol–water partition coefficient (Wildman–Crippen LogP) is 3.34. The molecule has 0 bridgehead atoms. The van der Waals surface area contributed by atoms with Crippen LogP contribution in [0, 0.1) is 11.6 Å². The molecule has 2 unspecified atom stereocenters. The lowest BCUT2D eigenvalue weighted by Crippen LogP contribution is -2.46. The van der Waals surface area contributed by atoms with Crippen molar-refractivity contribution in [3.63, 3.8) is 0 Å². The maximum absolute atomic E-state index is 13.9. The number of rotatable bonds is 2. The highest BCUT2D eigenvalue weighted by Crippen LogP contribution is 2.24. The minimum absolute atomic E-state index is 0.0967. The Morgan fingerprint density at radius 2 is 2.11 bits per heavy atom. The molecule has 1 fully saturated rings. The van der Waals surface area contributed by atoms with E-state index in [0.29, 0.717) is 17.6 Å². The highest BCUT2D eigenvalue weighted by Gasteiger charge is 2.25. The number of ether oxygens (including phenoxy) is 1. The van der Waals surface area contributed by atoms with E-state index in [9.17, 15) is 8.78 Å². The van der Waals surface area contributed by atoms with Gasteiger partial charge in [0, 0.05) is 24.7 Å². The van der Waals surface area contributed by atoms with Crippen molar-refractivity contribution in [3.05, 3.63) is 33.8 Å². The number of nitrogens with zero attached hydrogens (tertiary/aromatic N) is 1. The largest absolute Gasteiger partial charge is 0.376 e. The van der Waals surface area contributed by atoms with E-state index in [1.807, 2.05) is 18.7 Å². The van der Waals surface area contributed by atoms with Gasteiger partial charge in [-0.1, -0.05) is 0 Å². The summed E-state index contributed by atoms with van der Waals surface area (Å²) in [6.07, 6.45) is 0.0967. The van der Waals surface area contributed by atoms with Crippen molar-refractivity contribution in [2.24, 2.45) is 0 Å². The van der Waals surface area contributed by atoms with Crippen LogP contribution in [0.2, 0.25) is 0 Å². The maximum atomic E-state index is 13.9. The molecule has 2 rings (SSSR count). The minimum Gasteiger partial charge on any atom is -0.376 e. The molecule has 0 aromatic heterocycles. The van der Waals surface area contributed by atoms with Crippen molar-refractivity contribution in [1.29, 1.82) is 0 Å². The first kappa shape index (κ1) is 13.9. The van der Waals surface area contributed by atoms with Crippen molar-refractivity contribution in [1.82, 2.24) is 4.90 Å². The van der Waals surface area contributed by atoms with E-state index in [1.54, 1.807) is 0 Å². The van der Waals surface area contributed by atoms with Gasteiger partial charge in [-0.05, 0) is 41.9 Å². The van der Waals surface area contributed by atoms with Gasteiger partial charge in [0.1, 0.15) is 11.6 Å². The summed E-state index contributed by atoms with van der Waals surface area (Å²) >= 11 is 3.09. The number of hydrogen-bond donors (Lipinski definition) is 0. The zero-order valence-electron chi connectivity index (χ0n) is 10.4. The molecule has 0 spiro atoms. The van der Waals surface area contributed by atoms with E-state index in [-0.39, 0.29) is 24.3 Å². The summed E-state index contributed by atoms with van der Waals surface area (Å²) in [5.41, 5.74) is 0.116. The molecule has 1 aliphatic heterocycles. The molecule has 0 radical (unpaired) electrons. The summed E-state index contributed by atoms with van der Waals surface area (Å²) in [7, 11) is 0. The van der Waals surface area contributed by atoms with Crippen molar-refractivity contribution in [3.8, 4) is 0 Å². The Kier molecular flexibility index (Phi) is 4.35. The summed E-state index contributed by atoms with van der Waals surface area (Å²) in [5, 5.41) is 0. The van der Waals surface area contributed by atoms with Gasteiger partial charge < -0.3 is 4.74 Å². The normalized spacial score (nSPS) is 25.4. The molecule has 0 N–H and O–H groups in total. The van der Waals surface area contributed by atoms with E-state index in [0.717, 1.165) is 0 Å². The van der Waals surface area contributed by atoms with Gasteiger partial charge >= 0.3 is 0 Å². The van der Waals surface area contributed by atoms with Crippen molar-refractivity contribution in [2.75, 3.05) is 13.2 Å². The van der Waals surface area contributed by atoms with Crippen molar-refractivity contribution < 1.29 is 13.5 Å².